The van der Waals surface area contributed by atoms with E-state index in [2.05, 4.69) is 16.0 Å². The molecule has 11 heteroatoms. The van der Waals surface area contributed by atoms with Gasteiger partial charge in [-0.05, 0) is 63.1 Å². The fourth-order valence-electron chi connectivity index (χ4n) is 3.26. The highest BCUT2D eigenvalue weighted by molar-refractivity contribution is 5.92. The minimum atomic E-state index is -1.31. The predicted octanol–water partition coefficient (Wildman–Crippen LogP) is 2.28. The van der Waals surface area contributed by atoms with Crippen LogP contribution in [0.2, 0.25) is 0 Å². The van der Waals surface area contributed by atoms with Crippen molar-refractivity contribution in [1.29, 1.82) is 0 Å². The quantitative estimate of drug-likeness (QED) is 0.324. The lowest BCUT2D eigenvalue weighted by molar-refractivity contribution is -0.142. The number of rotatable bonds is 10. The van der Waals surface area contributed by atoms with Crippen LogP contribution in [0.3, 0.4) is 0 Å². The van der Waals surface area contributed by atoms with Crippen molar-refractivity contribution >= 4 is 23.9 Å². The van der Waals surface area contributed by atoms with Gasteiger partial charge in [0.1, 0.15) is 35.3 Å². The van der Waals surface area contributed by atoms with E-state index in [0.29, 0.717) is 11.1 Å². The van der Waals surface area contributed by atoms with E-state index in [9.17, 15) is 33.8 Å². The van der Waals surface area contributed by atoms with Crippen LogP contribution in [0, 0.1) is 5.82 Å². The lowest BCUT2D eigenvalue weighted by Gasteiger charge is -2.25. The van der Waals surface area contributed by atoms with Crippen LogP contribution in [0.15, 0.2) is 48.5 Å². The average Bonchev–Trinajstić information content (AvgIpc) is 2.79. The zero-order chi connectivity index (χ0) is 27.8. The van der Waals surface area contributed by atoms with Gasteiger partial charge in [0.2, 0.25) is 11.8 Å². The third-order valence-corrected chi connectivity index (χ3v) is 5.10. The van der Waals surface area contributed by atoms with E-state index in [-0.39, 0.29) is 18.6 Å². The molecule has 0 spiro atoms. The van der Waals surface area contributed by atoms with Crippen molar-refractivity contribution in [1.82, 2.24) is 16.0 Å². The van der Waals surface area contributed by atoms with Crippen LogP contribution in [0.1, 0.15) is 38.8 Å². The maximum atomic E-state index is 13.1. The van der Waals surface area contributed by atoms with E-state index in [0.717, 1.165) is 0 Å². The van der Waals surface area contributed by atoms with Crippen molar-refractivity contribution in [3.63, 3.8) is 0 Å². The third kappa shape index (κ3) is 10.2. The average molecular weight is 518 g/mol. The summed E-state index contributed by atoms with van der Waals surface area (Å²) in [6, 6.07) is 7.62. The SMILES string of the molecule is C[C@@H](NC(=O)[C@H](Cc1ccc(O)cc1)NC(=O)OC(C)(C)C)C(=O)N[C@@H](Cc1ccc(F)cc1)C(=O)O. The Morgan fingerprint density at radius 1 is 0.838 bits per heavy atom. The summed E-state index contributed by atoms with van der Waals surface area (Å²) in [7, 11) is 0. The molecule has 200 valence electrons. The van der Waals surface area contributed by atoms with Crippen molar-refractivity contribution in [2.45, 2.75) is 64.3 Å². The van der Waals surface area contributed by atoms with Gasteiger partial charge in [-0.1, -0.05) is 24.3 Å². The number of carboxylic acid groups (broad SMARTS) is 1. The molecule has 0 fully saturated rings. The predicted molar refractivity (Wildman–Crippen MR) is 132 cm³/mol. The van der Waals surface area contributed by atoms with E-state index in [1.165, 1.54) is 43.3 Å². The van der Waals surface area contributed by atoms with Crippen LogP contribution in [-0.4, -0.2) is 57.8 Å². The number of phenolic OH excluding ortho intramolecular Hbond substituents is 1. The molecular formula is C26H32FN3O7. The van der Waals surface area contributed by atoms with Gasteiger partial charge in [0.15, 0.2) is 0 Å². The Hall–Kier alpha value is -4.15. The Balaban J connectivity index is 2.08. The van der Waals surface area contributed by atoms with E-state index >= 15 is 0 Å². The van der Waals surface area contributed by atoms with Gasteiger partial charge in [-0.15, -0.1) is 0 Å². The molecule has 37 heavy (non-hydrogen) atoms. The van der Waals surface area contributed by atoms with Gasteiger partial charge in [-0.2, -0.15) is 0 Å². The minimum Gasteiger partial charge on any atom is -0.508 e. The number of aromatic hydroxyl groups is 1. The number of phenols is 1. The van der Waals surface area contributed by atoms with Crippen molar-refractivity contribution in [3.8, 4) is 5.75 Å². The molecule has 0 saturated heterocycles. The number of halogens is 1. The van der Waals surface area contributed by atoms with Gasteiger partial charge in [-0.3, -0.25) is 9.59 Å². The number of hydrogen-bond donors (Lipinski definition) is 5. The highest BCUT2D eigenvalue weighted by atomic mass is 19.1. The number of carboxylic acids is 1. The summed E-state index contributed by atoms with van der Waals surface area (Å²) in [5, 5.41) is 26.3. The summed E-state index contributed by atoms with van der Waals surface area (Å²) in [5.41, 5.74) is 0.311. The van der Waals surface area contributed by atoms with Crippen molar-refractivity contribution in [2.24, 2.45) is 0 Å². The van der Waals surface area contributed by atoms with Gasteiger partial charge in [-0.25, -0.2) is 14.0 Å². The van der Waals surface area contributed by atoms with Gasteiger partial charge in [0, 0.05) is 12.8 Å². The minimum absolute atomic E-state index is 0.0298. The van der Waals surface area contributed by atoms with Gasteiger partial charge in [0.05, 0.1) is 0 Å². The first kappa shape index (κ1) is 29.1. The first-order valence-corrected chi connectivity index (χ1v) is 11.6. The molecule has 2 rings (SSSR count). The van der Waals surface area contributed by atoms with Crippen molar-refractivity contribution < 1.29 is 38.5 Å². The zero-order valence-corrected chi connectivity index (χ0v) is 21.1. The number of ether oxygens (including phenoxy) is 1. The molecule has 0 bridgehead atoms. The third-order valence-electron chi connectivity index (χ3n) is 5.10. The number of alkyl carbamates (subject to hydrolysis) is 1. The highest BCUT2D eigenvalue weighted by Crippen LogP contribution is 2.13. The molecule has 2 aromatic rings. The number of benzene rings is 2. The largest absolute Gasteiger partial charge is 0.508 e. The molecule has 0 aromatic heterocycles. The summed E-state index contributed by atoms with van der Waals surface area (Å²) >= 11 is 0. The van der Waals surface area contributed by atoms with Crippen LogP contribution in [0.25, 0.3) is 0 Å². The molecule has 0 aliphatic heterocycles. The van der Waals surface area contributed by atoms with E-state index in [1.807, 2.05) is 0 Å². The second-order valence-corrected chi connectivity index (χ2v) is 9.53. The normalized spacial score (nSPS) is 13.5. The lowest BCUT2D eigenvalue weighted by Crippen LogP contribution is -2.55. The second kappa shape index (κ2) is 12.7. The fourth-order valence-corrected chi connectivity index (χ4v) is 3.26. The molecule has 3 atom stereocenters. The summed E-state index contributed by atoms with van der Waals surface area (Å²) in [5.74, 6) is -3.20. The molecule has 5 N–H and O–H groups in total. The number of carbonyl (C=O) groups excluding carboxylic acids is 3. The smallest absolute Gasteiger partial charge is 0.408 e. The molecule has 0 aliphatic rings. The van der Waals surface area contributed by atoms with Crippen LogP contribution < -0.4 is 16.0 Å². The van der Waals surface area contributed by atoms with E-state index in [4.69, 9.17) is 4.74 Å². The molecular weight excluding hydrogens is 485 g/mol. The van der Waals surface area contributed by atoms with Gasteiger partial charge < -0.3 is 30.9 Å². The molecule has 0 saturated carbocycles. The van der Waals surface area contributed by atoms with E-state index in [1.54, 1.807) is 32.9 Å². The monoisotopic (exact) mass is 517 g/mol. The molecule has 10 nitrogen and oxygen atoms in total. The number of carbonyl (C=O) groups is 4. The van der Waals surface area contributed by atoms with Crippen LogP contribution in [-0.2, 0) is 32.0 Å². The Labute approximate surface area is 214 Å². The highest BCUT2D eigenvalue weighted by Gasteiger charge is 2.29. The summed E-state index contributed by atoms with van der Waals surface area (Å²) in [6.07, 6.45) is -0.901. The first-order valence-electron chi connectivity index (χ1n) is 11.6. The molecule has 0 radical (unpaired) electrons. The Morgan fingerprint density at radius 3 is 1.86 bits per heavy atom. The van der Waals surface area contributed by atoms with Crippen LogP contribution in [0.4, 0.5) is 9.18 Å². The maximum absolute atomic E-state index is 13.1. The Kier molecular flexibility index (Phi) is 9.98. The molecule has 3 amide bonds. The lowest BCUT2D eigenvalue weighted by atomic mass is 10.0. The fraction of sp³-hybridized carbons (Fsp3) is 0.385. The molecule has 0 aliphatic carbocycles. The number of aliphatic carboxylic acids is 1. The molecule has 0 heterocycles. The van der Waals surface area contributed by atoms with Gasteiger partial charge >= 0.3 is 12.1 Å². The summed E-state index contributed by atoms with van der Waals surface area (Å²) < 4.78 is 18.4. The number of nitrogens with one attached hydrogen (secondary N) is 3. The maximum Gasteiger partial charge on any atom is 0.408 e. The first-order chi connectivity index (χ1) is 17.2. The molecule has 0 unspecified atom stereocenters. The molecule has 2 aromatic carbocycles. The topological polar surface area (TPSA) is 154 Å². The van der Waals surface area contributed by atoms with Crippen LogP contribution in [0.5, 0.6) is 5.75 Å². The number of amides is 3. The summed E-state index contributed by atoms with van der Waals surface area (Å²) in [4.78, 5) is 49.7. The van der Waals surface area contributed by atoms with E-state index < -0.39 is 53.4 Å². The number of hydrogen-bond acceptors (Lipinski definition) is 6. The Morgan fingerprint density at radius 2 is 1.35 bits per heavy atom. The second-order valence-electron chi connectivity index (χ2n) is 9.53. The van der Waals surface area contributed by atoms with Gasteiger partial charge in [0.25, 0.3) is 0 Å². The Bertz CT molecular complexity index is 1100. The standard InChI is InChI=1S/C26H32FN3O7/c1-15(22(32)29-21(24(34)35)14-16-5-9-18(27)10-6-16)28-23(33)20(30-25(36)37-26(2,3)4)13-17-7-11-19(31)12-8-17/h5-12,15,20-21,31H,13-14H2,1-4H3,(H,28,33)(H,29,32)(H,30,36)(H,34,35)/t15-,20+,21+/m1/s1. The van der Waals surface area contributed by atoms with Crippen molar-refractivity contribution in [3.05, 3.63) is 65.5 Å². The zero-order valence-electron chi connectivity index (χ0n) is 21.1. The van der Waals surface area contributed by atoms with Crippen LogP contribution >= 0.6 is 0 Å². The summed E-state index contributed by atoms with van der Waals surface area (Å²) in [6.45, 7) is 6.37. The van der Waals surface area contributed by atoms with Crippen molar-refractivity contribution in [2.75, 3.05) is 0 Å².